The Balaban J connectivity index is 2.46. The Morgan fingerprint density at radius 3 is 2.30 bits per heavy atom. The Bertz CT molecular complexity index is 616. The Hall–Kier alpha value is -2.29. The Labute approximate surface area is 118 Å². The van der Waals surface area contributed by atoms with Crippen LogP contribution in [0, 0.1) is 0 Å². The highest BCUT2D eigenvalue weighted by Crippen LogP contribution is 2.31. The van der Waals surface area contributed by atoms with Crippen molar-refractivity contribution in [2.45, 2.75) is 26.2 Å². The van der Waals surface area contributed by atoms with Crippen LogP contribution in [0.5, 0.6) is 5.75 Å². The zero-order valence-electron chi connectivity index (χ0n) is 11.6. The number of carboxylic acid groups (broad SMARTS) is 1. The SMILES string of the molecule is CC(C)c1cc(Cc2ccccc2)cc(C(=O)O)c1O. The minimum absolute atomic E-state index is 0.0258. The van der Waals surface area contributed by atoms with E-state index in [1.165, 1.54) is 0 Å². The van der Waals surface area contributed by atoms with Gasteiger partial charge in [-0.2, -0.15) is 0 Å². The maximum absolute atomic E-state index is 11.2. The van der Waals surface area contributed by atoms with Crippen molar-refractivity contribution in [1.29, 1.82) is 0 Å². The van der Waals surface area contributed by atoms with Gasteiger partial charge in [0.05, 0.1) is 0 Å². The van der Waals surface area contributed by atoms with Crippen molar-refractivity contribution < 1.29 is 15.0 Å². The molecule has 0 atom stereocenters. The van der Waals surface area contributed by atoms with Crippen LogP contribution in [0.15, 0.2) is 42.5 Å². The minimum atomic E-state index is -1.10. The monoisotopic (exact) mass is 270 g/mol. The standard InChI is InChI=1S/C17H18O3/c1-11(2)14-9-13(8-12-6-4-3-5-7-12)10-15(16(14)18)17(19)20/h3-7,9-11,18H,8H2,1-2H3,(H,19,20). The molecule has 0 saturated heterocycles. The second-order valence-electron chi connectivity index (χ2n) is 5.20. The maximum atomic E-state index is 11.2. The fourth-order valence-corrected chi connectivity index (χ4v) is 2.26. The molecule has 0 radical (unpaired) electrons. The maximum Gasteiger partial charge on any atom is 0.339 e. The van der Waals surface area contributed by atoms with Crippen LogP contribution >= 0.6 is 0 Å². The number of hydrogen-bond donors (Lipinski definition) is 2. The van der Waals surface area contributed by atoms with E-state index in [9.17, 15) is 15.0 Å². The first kappa shape index (κ1) is 14.1. The van der Waals surface area contributed by atoms with Crippen molar-refractivity contribution in [2.75, 3.05) is 0 Å². The van der Waals surface area contributed by atoms with Gasteiger partial charge in [0.1, 0.15) is 11.3 Å². The third kappa shape index (κ3) is 2.99. The van der Waals surface area contributed by atoms with E-state index in [2.05, 4.69) is 0 Å². The van der Waals surface area contributed by atoms with Gasteiger partial charge in [0, 0.05) is 0 Å². The summed E-state index contributed by atoms with van der Waals surface area (Å²) in [5.74, 6) is -1.15. The summed E-state index contributed by atoms with van der Waals surface area (Å²) in [5, 5.41) is 19.2. The van der Waals surface area contributed by atoms with Crippen molar-refractivity contribution in [3.63, 3.8) is 0 Å². The summed E-state index contributed by atoms with van der Waals surface area (Å²) in [5.41, 5.74) is 2.66. The van der Waals surface area contributed by atoms with E-state index < -0.39 is 5.97 Å². The smallest absolute Gasteiger partial charge is 0.339 e. The second-order valence-corrected chi connectivity index (χ2v) is 5.20. The van der Waals surface area contributed by atoms with Gasteiger partial charge in [0.25, 0.3) is 0 Å². The van der Waals surface area contributed by atoms with E-state index in [0.29, 0.717) is 12.0 Å². The van der Waals surface area contributed by atoms with Crippen LogP contribution in [0.3, 0.4) is 0 Å². The predicted molar refractivity (Wildman–Crippen MR) is 78.4 cm³/mol. The Morgan fingerprint density at radius 1 is 1.10 bits per heavy atom. The summed E-state index contributed by atoms with van der Waals surface area (Å²) in [6, 6.07) is 13.3. The molecule has 2 aromatic rings. The third-order valence-electron chi connectivity index (χ3n) is 3.30. The van der Waals surface area contributed by atoms with Gasteiger partial charge in [-0.3, -0.25) is 0 Å². The molecule has 0 saturated carbocycles. The molecule has 3 nitrogen and oxygen atoms in total. The van der Waals surface area contributed by atoms with Gasteiger partial charge in [0.15, 0.2) is 0 Å². The molecule has 2 N–H and O–H groups in total. The van der Waals surface area contributed by atoms with Crippen molar-refractivity contribution in [3.8, 4) is 5.75 Å². The minimum Gasteiger partial charge on any atom is -0.507 e. The van der Waals surface area contributed by atoms with Crippen LogP contribution in [0.25, 0.3) is 0 Å². The highest BCUT2D eigenvalue weighted by atomic mass is 16.4. The van der Waals surface area contributed by atoms with Crippen LogP contribution in [0.2, 0.25) is 0 Å². The molecule has 0 bridgehead atoms. The first-order chi connectivity index (χ1) is 9.49. The zero-order chi connectivity index (χ0) is 14.7. The van der Waals surface area contributed by atoms with Crippen LogP contribution in [-0.4, -0.2) is 16.2 Å². The lowest BCUT2D eigenvalue weighted by Crippen LogP contribution is -2.03. The summed E-state index contributed by atoms with van der Waals surface area (Å²) in [6.45, 7) is 3.87. The summed E-state index contributed by atoms with van der Waals surface area (Å²) < 4.78 is 0. The molecule has 104 valence electrons. The number of rotatable bonds is 4. The fraction of sp³-hybridized carbons (Fsp3) is 0.235. The van der Waals surface area contributed by atoms with E-state index in [0.717, 1.165) is 11.1 Å². The predicted octanol–water partition coefficient (Wildman–Crippen LogP) is 3.80. The molecule has 0 spiro atoms. The number of hydrogen-bond acceptors (Lipinski definition) is 2. The van der Waals surface area contributed by atoms with Crippen LogP contribution in [0.4, 0.5) is 0 Å². The Morgan fingerprint density at radius 2 is 1.75 bits per heavy atom. The molecule has 20 heavy (non-hydrogen) atoms. The lowest BCUT2D eigenvalue weighted by Gasteiger charge is -2.13. The van der Waals surface area contributed by atoms with Crippen molar-refractivity contribution in [1.82, 2.24) is 0 Å². The molecule has 0 unspecified atom stereocenters. The summed E-state index contributed by atoms with van der Waals surface area (Å²) >= 11 is 0. The number of benzene rings is 2. The lowest BCUT2D eigenvalue weighted by molar-refractivity contribution is 0.0693. The molecular formula is C17H18O3. The first-order valence-electron chi connectivity index (χ1n) is 6.62. The van der Waals surface area contributed by atoms with Gasteiger partial charge >= 0.3 is 5.97 Å². The van der Waals surface area contributed by atoms with Gasteiger partial charge in [-0.15, -0.1) is 0 Å². The van der Waals surface area contributed by atoms with Crippen LogP contribution in [0.1, 0.15) is 46.8 Å². The average Bonchev–Trinajstić information content (AvgIpc) is 2.41. The highest BCUT2D eigenvalue weighted by Gasteiger charge is 2.17. The quantitative estimate of drug-likeness (QED) is 0.888. The summed E-state index contributed by atoms with van der Waals surface area (Å²) in [7, 11) is 0. The molecule has 0 fully saturated rings. The van der Waals surface area contributed by atoms with Crippen LogP contribution < -0.4 is 0 Å². The number of aromatic hydroxyl groups is 1. The highest BCUT2D eigenvalue weighted by molar-refractivity contribution is 5.91. The van der Waals surface area contributed by atoms with Gasteiger partial charge in [-0.25, -0.2) is 4.79 Å². The normalized spacial score (nSPS) is 10.8. The van der Waals surface area contributed by atoms with E-state index in [1.54, 1.807) is 6.07 Å². The van der Waals surface area contributed by atoms with Crippen molar-refractivity contribution in [2.24, 2.45) is 0 Å². The van der Waals surface area contributed by atoms with Crippen molar-refractivity contribution >= 4 is 5.97 Å². The summed E-state index contributed by atoms with van der Waals surface area (Å²) in [4.78, 5) is 11.2. The summed E-state index contributed by atoms with van der Waals surface area (Å²) in [6.07, 6.45) is 0.654. The molecule has 0 aliphatic carbocycles. The molecular weight excluding hydrogens is 252 g/mol. The second kappa shape index (κ2) is 5.78. The van der Waals surface area contributed by atoms with E-state index in [1.807, 2.05) is 50.2 Å². The molecule has 0 heterocycles. The topological polar surface area (TPSA) is 57.5 Å². The average molecular weight is 270 g/mol. The first-order valence-corrected chi connectivity index (χ1v) is 6.62. The molecule has 0 aromatic heterocycles. The van der Waals surface area contributed by atoms with E-state index >= 15 is 0 Å². The molecule has 2 rings (SSSR count). The molecule has 0 aliphatic rings. The Kier molecular flexibility index (Phi) is 4.08. The van der Waals surface area contributed by atoms with E-state index in [4.69, 9.17) is 0 Å². The van der Waals surface area contributed by atoms with Crippen molar-refractivity contribution in [3.05, 3.63) is 64.7 Å². The largest absolute Gasteiger partial charge is 0.507 e. The fourth-order valence-electron chi connectivity index (χ4n) is 2.26. The van der Waals surface area contributed by atoms with E-state index in [-0.39, 0.29) is 17.2 Å². The lowest BCUT2D eigenvalue weighted by atomic mass is 9.93. The van der Waals surface area contributed by atoms with Gasteiger partial charge in [-0.05, 0) is 35.1 Å². The zero-order valence-corrected chi connectivity index (χ0v) is 11.6. The molecule has 0 aliphatic heterocycles. The number of phenols is 1. The number of carbonyl (C=O) groups is 1. The van der Waals surface area contributed by atoms with Gasteiger partial charge in [0.2, 0.25) is 0 Å². The number of aromatic carboxylic acids is 1. The molecule has 2 aromatic carbocycles. The van der Waals surface area contributed by atoms with Gasteiger partial charge in [-0.1, -0.05) is 50.2 Å². The van der Waals surface area contributed by atoms with Gasteiger partial charge < -0.3 is 10.2 Å². The molecule has 0 amide bonds. The number of carboxylic acids is 1. The molecule has 3 heteroatoms. The van der Waals surface area contributed by atoms with Crippen LogP contribution in [-0.2, 0) is 6.42 Å². The third-order valence-corrected chi connectivity index (χ3v) is 3.30.